The molecule has 0 radical (unpaired) electrons. The Balaban J connectivity index is 1.33. The number of amides is 1. The summed E-state index contributed by atoms with van der Waals surface area (Å²) in [5.74, 6) is 0.539. The number of hydrogen-bond acceptors (Lipinski definition) is 4. The molecular formula is C19H27N3O3S. The van der Waals surface area contributed by atoms with Gasteiger partial charge in [0.15, 0.2) is 0 Å². The van der Waals surface area contributed by atoms with Gasteiger partial charge in [0, 0.05) is 43.8 Å². The van der Waals surface area contributed by atoms with Crippen molar-refractivity contribution in [3.8, 4) is 0 Å². The van der Waals surface area contributed by atoms with E-state index in [0.717, 1.165) is 50.5 Å². The second-order valence-electron chi connectivity index (χ2n) is 7.89. The Morgan fingerprint density at radius 2 is 1.88 bits per heavy atom. The molecule has 4 rings (SSSR count). The molecule has 6 nitrogen and oxygen atoms in total. The van der Waals surface area contributed by atoms with Gasteiger partial charge in [0.1, 0.15) is 0 Å². The second-order valence-corrected chi connectivity index (χ2v) is 9.64. The summed E-state index contributed by atoms with van der Waals surface area (Å²) in [5, 5.41) is 0. The summed E-state index contributed by atoms with van der Waals surface area (Å²) in [7, 11) is -3.29. The standard InChI is InChI=1S/C19H27N3O3S/c1-26(24,25)20-15-5-2-4-14(12-15)17-13-18(17)19(23)22-10-8-21(9-11-22)16-6-3-7-16/h2,4-5,12,16-18,20H,3,6-11,13H2,1H3/t17-,18+/m0/s1. The fourth-order valence-electron chi connectivity index (χ4n) is 4.18. The number of benzene rings is 1. The molecular weight excluding hydrogens is 350 g/mol. The first-order valence-corrected chi connectivity index (χ1v) is 11.4. The highest BCUT2D eigenvalue weighted by Gasteiger charge is 2.46. The van der Waals surface area contributed by atoms with Crippen molar-refractivity contribution in [3.63, 3.8) is 0 Å². The van der Waals surface area contributed by atoms with Gasteiger partial charge in [-0.15, -0.1) is 0 Å². The number of nitrogens with one attached hydrogen (secondary N) is 1. The van der Waals surface area contributed by atoms with Gasteiger partial charge in [-0.05, 0) is 42.9 Å². The van der Waals surface area contributed by atoms with Crippen molar-refractivity contribution < 1.29 is 13.2 Å². The molecule has 0 spiro atoms. The van der Waals surface area contributed by atoms with Crippen molar-refractivity contribution in [2.75, 3.05) is 37.2 Å². The number of carbonyl (C=O) groups excluding carboxylic acids is 1. The van der Waals surface area contributed by atoms with E-state index in [1.54, 1.807) is 6.07 Å². The summed E-state index contributed by atoms with van der Waals surface area (Å²) < 4.78 is 25.3. The maximum absolute atomic E-state index is 12.8. The third kappa shape index (κ3) is 3.88. The predicted octanol–water partition coefficient (Wildman–Crippen LogP) is 1.86. The van der Waals surface area contributed by atoms with Crippen LogP contribution in [0.4, 0.5) is 5.69 Å². The number of rotatable bonds is 5. The molecule has 1 aromatic carbocycles. The summed E-state index contributed by atoms with van der Waals surface area (Å²) >= 11 is 0. The van der Waals surface area contributed by atoms with Crippen molar-refractivity contribution in [2.24, 2.45) is 5.92 Å². The van der Waals surface area contributed by atoms with E-state index in [1.165, 1.54) is 19.3 Å². The van der Waals surface area contributed by atoms with Crippen LogP contribution < -0.4 is 4.72 Å². The molecule has 1 aliphatic heterocycles. The average Bonchev–Trinajstić information content (AvgIpc) is 3.32. The maximum Gasteiger partial charge on any atom is 0.229 e. The quantitative estimate of drug-likeness (QED) is 0.850. The van der Waals surface area contributed by atoms with Gasteiger partial charge in [0.25, 0.3) is 0 Å². The first kappa shape index (κ1) is 17.8. The Morgan fingerprint density at radius 1 is 1.15 bits per heavy atom. The minimum absolute atomic E-state index is 0.0544. The number of nitrogens with zero attached hydrogens (tertiary/aromatic N) is 2. The monoisotopic (exact) mass is 377 g/mol. The maximum atomic E-state index is 12.8. The van der Waals surface area contributed by atoms with Crippen LogP contribution in [0, 0.1) is 5.92 Å². The van der Waals surface area contributed by atoms with Crippen molar-refractivity contribution in [2.45, 2.75) is 37.6 Å². The van der Waals surface area contributed by atoms with Gasteiger partial charge in [-0.2, -0.15) is 0 Å². The van der Waals surface area contributed by atoms with E-state index in [9.17, 15) is 13.2 Å². The van der Waals surface area contributed by atoms with E-state index >= 15 is 0 Å². The number of piperazine rings is 1. The van der Waals surface area contributed by atoms with E-state index in [4.69, 9.17) is 0 Å². The zero-order valence-electron chi connectivity index (χ0n) is 15.2. The van der Waals surface area contributed by atoms with Gasteiger partial charge in [-0.3, -0.25) is 14.4 Å². The summed E-state index contributed by atoms with van der Waals surface area (Å²) in [4.78, 5) is 17.4. The Kier molecular flexibility index (Phi) is 4.69. The van der Waals surface area contributed by atoms with Gasteiger partial charge in [0.05, 0.1) is 6.26 Å². The molecule has 0 unspecified atom stereocenters. The molecule has 142 valence electrons. The Bertz CT molecular complexity index is 783. The lowest BCUT2D eigenvalue weighted by molar-refractivity contribution is -0.135. The van der Waals surface area contributed by atoms with E-state index in [0.29, 0.717) is 5.69 Å². The predicted molar refractivity (Wildman–Crippen MR) is 102 cm³/mol. The molecule has 2 atom stereocenters. The van der Waals surface area contributed by atoms with E-state index < -0.39 is 10.0 Å². The zero-order chi connectivity index (χ0) is 18.3. The van der Waals surface area contributed by atoms with Crippen LogP contribution in [-0.2, 0) is 14.8 Å². The zero-order valence-corrected chi connectivity index (χ0v) is 16.0. The molecule has 3 aliphatic rings. The third-order valence-corrected chi connectivity index (χ3v) is 6.55. The van der Waals surface area contributed by atoms with E-state index in [-0.39, 0.29) is 17.7 Å². The number of sulfonamides is 1. The van der Waals surface area contributed by atoms with Crippen molar-refractivity contribution in [1.82, 2.24) is 9.80 Å². The van der Waals surface area contributed by atoms with Crippen LogP contribution in [0.2, 0.25) is 0 Å². The lowest BCUT2D eigenvalue weighted by atomic mass is 9.91. The molecule has 7 heteroatoms. The Labute approximate surface area is 155 Å². The summed E-state index contributed by atoms with van der Waals surface area (Å²) in [5.41, 5.74) is 1.61. The number of anilines is 1. The fourth-order valence-corrected chi connectivity index (χ4v) is 4.73. The van der Waals surface area contributed by atoms with Crippen LogP contribution in [0.5, 0.6) is 0 Å². The summed E-state index contributed by atoms with van der Waals surface area (Å²) in [6, 6.07) is 8.18. The molecule has 0 bridgehead atoms. The lowest BCUT2D eigenvalue weighted by Crippen LogP contribution is -2.53. The largest absolute Gasteiger partial charge is 0.340 e. The smallest absolute Gasteiger partial charge is 0.229 e. The van der Waals surface area contributed by atoms with E-state index in [1.807, 2.05) is 23.1 Å². The first-order valence-electron chi connectivity index (χ1n) is 9.51. The van der Waals surface area contributed by atoms with Crippen LogP contribution in [0.15, 0.2) is 24.3 Å². The van der Waals surface area contributed by atoms with Crippen LogP contribution >= 0.6 is 0 Å². The topological polar surface area (TPSA) is 69.7 Å². The van der Waals surface area contributed by atoms with Crippen molar-refractivity contribution in [1.29, 1.82) is 0 Å². The van der Waals surface area contributed by atoms with Gasteiger partial charge in [-0.1, -0.05) is 18.6 Å². The fraction of sp³-hybridized carbons (Fsp3) is 0.632. The normalized spacial score (nSPS) is 27.0. The molecule has 1 aromatic rings. The molecule has 1 N–H and O–H groups in total. The molecule has 1 heterocycles. The number of hydrogen-bond donors (Lipinski definition) is 1. The van der Waals surface area contributed by atoms with Crippen molar-refractivity contribution >= 4 is 21.6 Å². The molecule has 2 aliphatic carbocycles. The van der Waals surface area contributed by atoms with Gasteiger partial charge in [0.2, 0.25) is 15.9 Å². The van der Waals surface area contributed by atoms with Gasteiger partial charge in [-0.25, -0.2) is 8.42 Å². The highest BCUT2D eigenvalue weighted by molar-refractivity contribution is 7.92. The van der Waals surface area contributed by atoms with Crippen LogP contribution in [0.1, 0.15) is 37.2 Å². The summed E-state index contributed by atoms with van der Waals surface area (Å²) in [6.45, 7) is 3.69. The Hall–Kier alpha value is -1.60. The third-order valence-electron chi connectivity index (χ3n) is 5.94. The van der Waals surface area contributed by atoms with Crippen molar-refractivity contribution in [3.05, 3.63) is 29.8 Å². The van der Waals surface area contributed by atoms with Gasteiger partial charge < -0.3 is 4.90 Å². The Morgan fingerprint density at radius 3 is 2.50 bits per heavy atom. The molecule has 1 saturated heterocycles. The SMILES string of the molecule is CS(=O)(=O)Nc1cccc([C@@H]2C[C@H]2C(=O)N2CCN(C3CCC3)CC2)c1. The molecule has 0 aromatic heterocycles. The molecule has 2 saturated carbocycles. The highest BCUT2D eigenvalue weighted by Crippen LogP contribution is 2.49. The highest BCUT2D eigenvalue weighted by atomic mass is 32.2. The second kappa shape index (κ2) is 6.85. The minimum Gasteiger partial charge on any atom is -0.340 e. The van der Waals surface area contributed by atoms with Gasteiger partial charge >= 0.3 is 0 Å². The van der Waals surface area contributed by atoms with E-state index in [2.05, 4.69) is 9.62 Å². The first-order chi connectivity index (χ1) is 12.4. The summed E-state index contributed by atoms with van der Waals surface area (Å²) in [6.07, 6.45) is 5.99. The van der Waals surface area contributed by atoms with Crippen LogP contribution in [-0.4, -0.2) is 62.6 Å². The number of carbonyl (C=O) groups is 1. The molecule has 3 fully saturated rings. The molecule has 1 amide bonds. The average molecular weight is 378 g/mol. The van der Waals surface area contributed by atoms with Crippen LogP contribution in [0.3, 0.4) is 0 Å². The lowest BCUT2D eigenvalue weighted by Gasteiger charge is -2.43. The minimum atomic E-state index is -3.29. The van der Waals surface area contributed by atoms with Crippen LogP contribution in [0.25, 0.3) is 0 Å². The molecule has 26 heavy (non-hydrogen) atoms.